The van der Waals surface area contributed by atoms with Crippen molar-refractivity contribution in [1.29, 1.82) is 0 Å². The molecule has 0 saturated heterocycles. The van der Waals surface area contributed by atoms with Gasteiger partial charge in [0.25, 0.3) is 0 Å². The molecule has 0 aliphatic heterocycles. The molecule has 2 nitrogen and oxygen atoms in total. The molecule has 0 radical (unpaired) electrons. The molecule has 1 rings (SSSR count). The third-order valence-corrected chi connectivity index (χ3v) is 2.80. The third kappa shape index (κ3) is 5.33. The second kappa shape index (κ2) is 6.50. The largest absolute Gasteiger partial charge is 0.488 e. The number of rotatable bonds is 5. The fourth-order valence-corrected chi connectivity index (χ4v) is 1.59. The van der Waals surface area contributed by atoms with Gasteiger partial charge in [-0.2, -0.15) is 13.2 Å². The Balaban J connectivity index is 2.45. The number of benzene rings is 1. The second-order valence-corrected chi connectivity index (χ2v) is 4.51. The minimum absolute atomic E-state index is 0.0579. The Morgan fingerprint density at radius 1 is 1.33 bits per heavy atom. The molecule has 0 fully saturated rings. The minimum Gasteiger partial charge on any atom is -0.488 e. The zero-order valence-corrected chi connectivity index (χ0v) is 11.0. The highest BCUT2D eigenvalue weighted by Crippen LogP contribution is 2.31. The number of nitrogens with one attached hydrogen (secondary N) is 1. The molecule has 0 bridgehead atoms. The average Bonchev–Trinajstić information content (AvgIpc) is 2.23. The van der Waals surface area contributed by atoms with Gasteiger partial charge >= 0.3 is 6.18 Å². The molecule has 0 amide bonds. The molecule has 0 aliphatic rings. The van der Waals surface area contributed by atoms with Crippen LogP contribution in [-0.4, -0.2) is 25.4 Å². The van der Waals surface area contributed by atoms with Crippen LogP contribution in [0.15, 0.2) is 18.2 Å². The molecule has 0 heterocycles. The number of ether oxygens (including phenoxy) is 1. The van der Waals surface area contributed by atoms with E-state index < -0.39 is 18.8 Å². The Morgan fingerprint density at radius 3 is 2.61 bits per heavy atom. The standard InChI is InChI=1S/C11H12Cl2F3NO/c1-7(5-17-6-11(14,15)16)18-9-4-2-3-8(12)10(9)13/h2-4,7,17H,5-6H2,1H3. The van der Waals surface area contributed by atoms with Crippen LogP contribution in [0.25, 0.3) is 0 Å². The Hall–Kier alpha value is -0.650. The molecule has 1 unspecified atom stereocenters. The van der Waals surface area contributed by atoms with Crippen LogP contribution in [0.4, 0.5) is 13.2 Å². The normalized spacial score (nSPS) is 13.4. The van der Waals surface area contributed by atoms with E-state index in [1.54, 1.807) is 25.1 Å². The number of hydrogen-bond acceptors (Lipinski definition) is 2. The fraction of sp³-hybridized carbons (Fsp3) is 0.455. The molecule has 1 aromatic rings. The molecule has 102 valence electrons. The number of hydrogen-bond donors (Lipinski definition) is 1. The van der Waals surface area contributed by atoms with E-state index in [9.17, 15) is 13.2 Å². The van der Waals surface area contributed by atoms with Crippen molar-refractivity contribution < 1.29 is 17.9 Å². The van der Waals surface area contributed by atoms with Crippen LogP contribution in [-0.2, 0) is 0 Å². The number of halogens is 5. The highest BCUT2D eigenvalue weighted by atomic mass is 35.5. The van der Waals surface area contributed by atoms with Gasteiger partial charge in [-0.05, 0) is 19.1 Å². The fourth-order valence-electron chi connectivity index (χ4n) is 1.25. The first-order valence-electron chi connectivity index (χ1n) is 5.18. The summed E-state index contributed by atoms with van der Waals surface area (Å²) < 4.78 is 41.1. The van der Waals surface area contributed by atoms with E-state index in [0.29, 0.717) is 10.8 Å². The zero-order valence-electron chi connectivity index (χ0n) is 9.52. The molecule has 1 atom stereocenters. The average molecular weight is 302 g/mol. The van der Waals surface area contributed by atoms with Gasteiger partial charge in [-0.1, -0.05) is 29.3 Å². The highest BCUT2D eigenvalue weighted by Gasteiger charge is 2.26. The van der Waals surface area contributed by atoms with Crippen molar-refractivity contribution in [1.82, 2.24) is 5.32 Å². The van der Waals surface area contributed by atoms with Gasteiger partial charge in [0.15, 0.2) is 0 Å². The van der Waals surface area contributed by atoms with Gasteiger partial charge in [0.05, 0.1) is 11.6 Å². The van der Waals surface area contributed by atoms with Crippen molar-refractivity contribution in [3.05, 3.63) is 28.2 Å². The van der Waals surface area contributed by atoms with Gasteiger partial charge in [-0.15, -0.1) is 0 Å². The van der Waals surface area contributed by atoms with Crippen LogP contribution in [0, 0.1) is 0 Å². The molecular weight excluding hydrogens is 290 g/mol. The lowest BCUT2D eigenvalue weighted by Crippen LogP contribution is -2.35. The van der Waals surface area contributed by atoms with Crippen molar-refractivity contribution in [3.63, 3.8) is 0 Å². The summed E-state index contributed by atoms with van der Waals surface area (Å²) in [4.78, 5) is 0. The highest BCUT2D eigenvalue weighted by molar-refractivity contribution is 6.42. The summed E-state index contributed by atoms with van der Waals surface area (Å²) in [6.45, 7) is 0.646. The van der Waals surface area contributed by atoms with Gasteiger partial charge in [-0.25, -0.2) is 0 Å². The Kier molecular flexibility index (Phi) is 5.56. The smallest absolute Gasteiger partial charge is 0.401 e. The van der Waals surface area contributed by atoms with Crippen LogP contribution in [0.2, 0.25) is 10.0 Å². The summed E-state index contributed by atoms with van der Waals surface area (Å²) in [7, 11) is 0. The predicted octanol–water partition coefficient (Wildman–Crippen LogP) is 3.91. The van der Waals surface area contributed by atoms with Crippen LogP contribution >= 0.6 is 23.2 Å². The topological polar surface area (TPSA) is 21.3 Å². The molecule has 0 spiro atoms. The molecule has 0 aliphatic carbocycles. The van der Waals surface area contributed by atoms with E-state index in [2.05, 4.69) is 5.32 Å². The lowest BCUT2D eigenvalue weighted by molar-refractivity contribution is -0.125. The molecular formula is C11H12Cl2F3NO. The van der Waals surface area contributed by atoms with Gasteiger partial charge in [0.2, 0.25) is 0 Å². The summed E-state index contributed by atoms with van der Waals surface area (Å²) >= 11 is 11.7. The maximum atomic E-state index is 11.9. The van der Waals surface area contributed by atoms with Crippen molar-refractivity contribution in [3.8, 4) is 5.75 Å². The summed E-state index contributed by atoms with van der Waals surface area (Å²) in [5, 5.41) is 2.84. The molecule has 0 aromatic heterocycles. The molecule has 18 heavy (non-hydrogen) atoms. The number of alkyl halides is 3. The van der Waals surface area contributed by atoms with Gasteiger partial charge in [0, 0.05) is 6.54 Å². The molecule has 0 saturated carbocycles. The van der Waals surface area contributed by atoms with Crippen LogP contribution in [0.5, 0.6) is 5.75 Å². The van der Waals surface area contributed by atoms with E-state index in [0.717, 1.165) is 0 Å². The molecule has 1 aromatic carbocycles. The SMILES string of the molecule is CC(CNCC(F)(F)F)Oc1cccc(Cl)c1Cl. The Labute approximate surface area is 113 Å². The maximum Gasteiger partial charge on any atom is 0.401 e. The van der Waals surface area contributed by atoms with E-state index >= 15 is 0 Å². The van der Waals surface area contributed by atoms with E-state index in [-0.39, 0.29) is 11.6 Å². The van der Waals surface area contributed by atoms with Crippen LogP contribution < -0.4 is 10.1 Å². The summed E-state index contributed by atoms with van der Waals surface area (Å²) in [5.74, 6) is 0.352. The van der Waals surface area contributed by atoms with E-state index in [1.165, 1.54) is 0 Å². The summed E-state index contributed by atoms with van der Waals surface area (Å²) in [6, 6.07) is 4.86. The first-order valence-corrected chi connectivity index (χ1v) is 5.93. The first kappa shape index (κ1) is 15.4. The molecule has 1 N–H and O–H groups in total. The van der Waals surface area contributed by atoms with E-state index in [4.69, 9.17) is 27.9 Å². The zero-order chi connectivity index (χ0) is 13.8. The Morgan fingerprint density at radius 2 is 2.00 bits per heavy atom. The third-order valence-electron chi connectivity index (χ3n) is 2.00. The predicted molar refractivity (Wildman–Crippen MR) is 65.5 cm³/mol. The van der Waals surface area contributed by atoms with Gasteiger partial charge in [-0.3, -0.25) is 0 Å². The monoisotopic (exact) mass is 301 g/mol. The lowest BCUT2D eigenvalue weighted by atomic mass is 10.3. The lowest BCUT2D eigenvalue weighted by Gasteiger charge is -2.17. The minimum atomic E-state index is -4.23. The first-order chi connectivity index (χ1) is 8.29. The summed E-state index contributed by atoms with van der Waals surface area (Å²) in [5.41, 5.74) is 0. The second-order valence-electron chi connectivity index (χ2n) is 3.73. The van der Waals surface area contributed by atoms with Crippen LogP contribution in [0.3, 0.4) is 0 Å². The maximum absolute atomic E-state index is 11.9. The van der Waals surface area contributed by atoms with Crippen molar-refractivity contribution >= 4 is 23.2 Å². The van der Waals surface area contributed by atoms with E-state index in [1.807, 2.05) is 0 Å². The summed E-state index contributed by atoms with van der Waals surface area (Å²) in [6.07, 6.45) is -4.68. The quantitative estimate of drug-likeness (QED) is 0.890. The van der Waals surface area contributed by atoms with Gasteiger partial charge in [0.1, 0.15) is 16.9 Å². The Bertz CT molecular complexity index is 398. The molecule has 7 heteroatoms. The van der Waals surface area contributed by atoms with Crippen molar-refractivity contribution in [2.24, 2.45) is 0 Å². The van der Waals surface area contributed by atoms with Gasteiger partial charge < -0.3 is 10.1 Å². The van der Waals surface area contributed by atoms with Crippen LogP contribution in [0.1, 0.15) is 6.92 Å². The van der Waals surface area contributed by atoms with Crippen molar-refractivity contribution in [2.75, 3.05) is 13.1 Å². The van der Waals surface area contributed by atoms with Crippen molar-refractivity contribution in [2.45, 2.75) is 19.2 Å².